The number of benzene rings is 2. The minimum Gasteiger partial charge on any atom is -0.465 e. The lowest BCUT2D eigenvalue weighted by atomic mass is 10.0. The molecule has 0 aliphatic heterocycles. The molecule has 2 aromatic carbocycles. The van der Waals surface area contributed by atoms with Crippen LogP contribution in [0.3, 0.4) is 0 Å². The Kier molecular flexibility index (Phi) is 5.98. The van der Waals surface area contributed by atoms with Gasteiger partial charge < -0.3 is 13.7 Å². The third-order valence-corrected chi connectivity index (χ3v) is 4.48. The SMILES string of the molecule is COC(=O)c1ccc(-c2ccc(C(=O)OC)c(OS(=O)(=O)C(F)(F)F)c2)cc1. The maximum absolute atomic E-state index is 12.6. The van der Waals surface area contributed by atoms with E-state index in [1.807, 2.05) is 0 Å². The van der Waals surface area contributed by atoms with Crippen LogP contribution in [0.25, 0.3) is 11.1 Å². The van der Waals surface area contributed by atoms with Gasteiger partial charge in [-0.1, -0.05) is 18.2 Å². The second kappa shape index (κ2) is 7.89. The van der Waals surface area contributed by atoms with Gasteiger partial charge in [-0.05, 0) is 35.4 Å². The molecule has 0 radical (unpaired) electrons. The van der Waals surface area contributed by atoms with E-state index in [4.69, 9.17) is 0 Å². The molecule has 0 unspecified atom stereocenters. The number of methoxy groups -OCH3 is 2. The number of alkyl halides is 3. The first-order valence-corrected chi connectivity index (χ1v) is 8.83. The van der Waals surface area contributed by atoms with Gasteiger partial charge in [-0.15, -0.1) is 0 Å². The lowest BCUT2D eigenvalue weighted by Gasteiger charge is -2.13. The Morgan fingerprint density at radius 3 is 1.89 bits per heavy atom. The van der Waals surface area contributed by atoms with Crippen LogP contribution < -0.4 is 4.18 Å². The molecule has 0 saturated heterocycles. The number of esters is 2. The number of hydrogen-bond donors (Lipinski definition) is 0. The number of carbonyl (C=O) groups is 2. The van der Waals surface area contributed by atoms with Gasteiger partial charge in [0, 0.05) is 0 Å². The summed E-state index contributed by atoms with van der Waals surface area (Å²) < 4.78 is 73.7. The van der Waals surface area contributed by atoms with E-state index in [9.17, 15) is 31.2 Å². The zero-order chi connectivity index (χ0) is 21.1. The average molecular weight is 418 g/mol. The van der Waals surface area contributed by atoms with Crippen LogP contribution in [-0.4, -0.2) is 40.1 Å². The van der Waals surface area contributed by atoms with Crippen LogP contribution in [0.15, 0.2) is 42.5 Å². The van der Waals surface area contributed by atoms with Crippen molar-refractivity contribution < 1.29 is 44.8 Å². The zero-order valence-electron chi connectivity index (χ0n) is 14.4. The molecule has 2 rings (SSSR count). The van der Waals surface area contributed by atoms with E-state index < -0.39 is 38.9 Å². The number of halogens is 3. The van der Waals surface area contributed by atoms with Gasteiger partial charge in [-0.2, -0.15) is 21.6 Å². The van der Waals surface area contributed by atoms with Crippen molar-refractivity contribution in [2.45, 2.75) is 5.51 Å². The molecule has 2 aromatic rings. The summed E-state index contributed by atoms with van der Waals surface area (Å²) in [5.74, 6) is -2.52. The van der Waals surface area contributed by atoms with Crippen molar-refractivity contribution in [1.29, 1.82) is 0 Å². The topological polar surface area (TPSA) is 96.0 Å². The highest BCUT2D eigenvalue weighted by atomic mass is 32.2. The van der Waals surface area contributed by atoms with Gasteiger partial charge in [0.2, 0.25) is 0 Å². The van der Waals surface area contributed by atoms with Crippen molar-refractivity contribution in [3.05, 3.63) is 53.6 Å². The lowest BCUT2D eigenvalue weighted by Crippen LogP contribution is -2.28. The summed E-state index contributed by atoms with van der Waals surface area (Å²) in [6.07, 6.45) is 0. The molecule has 0 atom stereocenters. The fourth-order valence-electron chi connectivity index (χ4n) is 2.13. The van der Waals surface area contributed by atoms with Gasteiger partial charge in [-0.3, -0.25) is 0 Å². The minimum absolute atomic E-state index is 0.230. The number of ether oxygens (including phenoxy) is 2. The molecule has 0 aliphatic rings. The second-order valence-electron chi connectivity index (χ2n) is 5.25. The van der Waals surface area contributed by atoms with Gasteiger partial charge >= 0.3 is 27.6 Å². The highest BCUT2D eigenvalue weighted by Crippen LogP contribution is 2.33. The molecule has 28 heavy (non-hydrogen) atoms. The molecule has 0 saturated carbocycles. The smallest absolute Gasteiger partial charge is 0.465 e. The van der Waals surface area contributed by atoms with Crippen LogP contribution in [-0.2, 0) is 19.6 Å². The number of hydrogen-bond acceptors (Lipinski definition) is 7. The first-order chi connectivity index (χ1) is 13.0. The van der Waals surface area contributed by atoms with E-state index >= 15 is 0 Å². The van der Waals surface area contributed by atoms with E-state index in [0.29, 0.717) is 5.56 Å². The van der Waals surface area contributed by atoms with Crippen molar-refractivity contribution in [3.63, 3.8) is 0 Å². The summed E-state index contributed by atoms with van der Waals surface area (Å²) in [7, 11) is -3.83. The summed E-state index contributed by atoms with van der Waals surface area (Å²) in [5.41, 5.74) is -5.31. The van der Waals surface area contributed by atoms with Crippen LogP contribution in [0.4, 0.5) is 13.2 Å². The Morgan fingerprint density at radius 1 is 0.857 bits per heavy atom. The molecule has 11 heteroatoms. The van der Waals surface area contributed by atoms with Gasteiger partial charge in [-0.25, -0.2) is 9.59 Å². The average Bonchev–Trinajstić information content (AvgIpc) is 2.65. The predicted molar refractivity (Wildman–Crippen MR) is 90.2 cm³/mol. The molecular weight excluding hydrogens is 405 g/mol. The van der Waals surface area contributed by atoms with Crippen molar-refractivity contribution in [2.24, 2.45) is 0 Å². The minimum atomic E-state index is -6.00. The summed E-state index contributed by atoms with van der Waals surface area (Å²) >= 11 is 0. The van der Waals surface area contributed by atoms with Crippen LogP contribution in [0.5, 0.6) is 5.75 Å². The van der Waals surface area contributed by atoms with Crippen LogP contribution in [0.2, 0.25) is 0 Å². The molecule has 0 fully saturated rings. The highest BCUT2D eigenvalue weighted by Gasteiger charge is 2.49. The standard InChI is InChI=1S/C17H13F3O7S/c1-25-15(21)11-5-3-10(4-6-11)12-7-8-13(16(22)26-2)14(9-12)27-28(23,24)17(18,19)20/h3-9H,1-2H3. The molecule has 0 spiro atoms. The third-order valence-electron chi connectivity index (χ3n) is 3.51. The first-order valence-electron chi connectivity index (χ1n) is 7.42. The third kappa shape index (κ3) is 4.42. The van der Waals surface area contributed by atoms with Crippen LogP contribution >= 0.6 is 0 Å². The first kappa shape index (κ1) is 21.2. The van der Waals surface area contributed by atoms with Crippen LogP contribution in [0.1, 0.15) is 20.7 Å². The Hall–Kier alpha value is -3.08. The summed E-state index contributed by atoms with van der Waals surface area (Å²) in [4.78, 5) is 23.2. The quantitative estimate of drug-likeness (QED) is 0.418. The molecule has 150 valence electrons. The van der Waals surface area contributed by atoms with E-state index in [-0.39, 0.29) is 11.1 Å². The van der Waals surface area contributed by atoms with Gasteiger partial charge in [0.25, 0.3) is 0 Å². The van der Waals surface area contributed by atoms with Crippen molar-refractivity contribution in [1.82, 2.24) is 0 Å². The zero-order valence-corrected chi connectivity index (χ0v) is 15.3. The Labute approximate surface area is 157 Å². The Bertz CT molecular complexity index is 996. The molecule has 7 nitrogen and oxygen atoms in total. The van der Waals surface area contributed by atoms with Crippen molar-refractivity contribution in [3.8, 4) is 16.9 Å². The van der Waals surface area contributed by atoms with E-state index in [2.05, 4.69) is 13.7 Å². The van der Waals surface area contributed by atoms with Gasteiger partial charge in [0.15, 0.2) is 5.75 Å². The van der Waals surface area contributed by atoms with Gasteiger partial charge in [0.05, 0.1) is 19.8 Å². The summed E-state index contributed by atoms with van der Waals surface area (Å²) in [6, 6.07) is 9.10. The van der Waals surface area contributed by atoms with E-state index in [0.717, 1.165) is 19.2 Å². The van der Waals surface area contributed by atoms with Gasteiger partial charge in [0.1, 0.15) is 5.56 Å². The maximum atomic E-state index is 12.6. The number of carbonyl (C=O) groups excluding carboxylic acids is 2. The Balaban J connectivity index is 2.51. The number of rotatable bonds is 5. The fraction of sp³-hybridized carbons (Fsp3) is 0.176. The van der Waals surface area contributed by atoms with E-state index in [1.54, 1.807) is 0 Å². The predicted octanol–water partition coefficient (Wildman–Crippen LogP) is 3.16. The summed E-state index contributed by atoms with van der Waals surface area (Å²) in [6.45, 7) is 0. The Morgan fingerprint density at radius 2 is 1.39 bits per heavy atom. The van der Waals surface area contributed by atoms with Crippen molar-refractivity contribution >= 4 is 22.1 Å². The normalized spacial score (nSPS) is 11.6. The fourth-order valence-corrected chi connectivity index (χ4v) is 2.60. The van der Waals surface area contributed by atoms with Crippen LogP contribution in [0, 0.1) is 0 Å². The van der Waals surface area contributed by atoms with Crippen molar-refractivity contribution in [2.75, 3.05) is 14.2 Å². The molecule has 0 bridgehead atoms. The largest absolute Gasteiger partial charge is 0.534 e. The molecule has 0 N–H and O–H groups in total. The monoisotopic (exact) mass is 418 g/mol. The second-order valence-corrected chi connectivity index (χ2v) is 6.79. The van der Waals surface area contributed by atoms with E-state index in [1.165, 1.54) is 37.4 Å². The summed E-state index contributed by atoms with van der Waals surface area (Å²) in [5, 5.41) is 0. The highest BCUT2D eigenvalue weighted by molar-refractivity contribution is 7.88. The molecule has 0 aromatic heterocycles. The maximum Gasteiger partial charge on any atom is 0.534 e. The lowest BCUT2D eigenvalue weighted by molar-refractivity contribution is -0.0500. The molecule has 0 amide bonds. The molecule has 0 aliphatic carbocycles. The molecular formula is C17H13F3O7S. The molecule has 0 heterocycles.